The fraction of sp³-hybridized carbons (Fsp3) is 0.800. The number of amides is 1. The molecule has 2 bridgehead atoms. The molecule has 5 heteroatoms. The average molecular weight is 343 g/mol. The van der Waals surface area contributed by atoms with Crippen LogP contribution >= 0.6 is 0 Å². The first-order valence-electron chi connectivity index (χ1n) is 10.3. The molecule has 5 aliphatic rings. The van der Waals surface area contributed by atoms with E-state index in [1.165, 1.54) is 45.2 Å². The van der Waals surface area contributed by atoms with Crippen molar-refractivity contribution in [3.63, 3.8) is 0 Å². The molecule has 1 aromatic heterocycles. The summed E-state index contributed by atoms with van der Waals surface area (Å²) in [4.78, 5) is 18.0. The van der Waals surface area contributed by atoms with Crippen LogP contribution in [0.4, 0.5) is 0 Å². The minimum Gasteiger partial charge on any atom is -0.360 e. The monoisotopic (exact) mass is 343 g/mol. The predicted molar refractivity (Wildman–Crippen MR) is 94.5 cm³/mol. The Morgan fingerprint density at radius 2 is 1.92 bits per heavy atom. The number of carbonyl (C=O) groups is 1. The Hall–Kier alpha value is -1.36. The highest BCUT2D eigenvalue weighted by molar-refractivity contribution is 5.94. The van der Waals surface area contributed by atoms with E-state index < -0.39 is 0 Å². The lowest BCUT2D eigenvalue weighted by Gasteiger charge is -2.40. The van der Waals surface area contributed by atoms with E-state index in [2.05, 4.69) is 15.0 Å². The van der Waals surface area contributed by atoms with Crippen LogP contribution < -0.4 is 0 Å². The van der Waals surface area contributed by atoms with Crippen LogP contribution in [0.25, 0.3) is 0 Å². The number of aromatic nitrogens is 1. The van der Waals surface area contributed by atoms with Crippen molar-refractivity contribution in [2.45, 2.75) is 63.8 Å². The molecule has 136 valence electrons. The SMILES string of the molecule is O=C(c1noc2c1CCCC2)N1C[C@H]2CC[C@@H](C1)N(CC1CCC1)C2. The van der Waals surface area contributed by atoms with Gasteiger partial charge in [-0.1, -0.05) is 11.6 Å². The normalized spacial score (nSPS) is 30.0. The van der Waals surface area contributed by atoms with Crippen LogP contribution in [0.3, 0.4) is 0 Å². The first kappa shape index (κ1) is 15.9. The zero-order chi connectivity index (χ0) is 16.8. The zero-order valence-corrected chi connectivity index (χ0v) is 15.1. The number of fused-ring (bicyclic) bond motifs is 5. The van der Waals surface area contributed by atoms with Crippen LogP contribution in [0, 0.1) is 11.8 Å². The Labute approximate surface area is 149 Å². The molecule has 5 nitrogen and oxygen atoms in total. The average Bonchev–Trinajstić information content (AvgIpc) is 2.81. The minimum absolute atomic E-state index is 0.120. The van der Waals surface area contributed by atoms with Crippen molar-refractivity contribution in [1.29, 1.82) is 0 Å². The van der Waals surface area contributed by atoms with E-state index in [1.807, 2.05) is 0 Å². The van der Waals surface area contributed by atoms with Gasteiger partial charge >= 0.3 is 0 Å². The van der Waals surface area contributed by atoms with E-state index in [0.29, 0.717) is 17.7 Å². The Bertz CT molecular complexity index is 651. The summed E-state index contributed by atoms with van der Waals surface area (Å²) in [6, 6.07) is 0.547. The summed E-state index contributed by atoms with van der Waals surface area (Å²) in [5, 5.41) is 4.18. The number of aryl methyl sites for hydroxylation is 1. The van der Waals surface area contributed by atoms with Gasteiger partial charge in [0.15, 0.2) is 5.69 Å². The maximum absolute atomic E-state index is 13.2. The summed E-state index contributed by atoms with van der Waals surface area (Å²) in [7, 11) is 0. The molecule has 2 aliphatic carbocycles. The molecule has 1 amide bonds. The molecule has 0 radical (unpaired) electrons. The summed E-state index contributed by atoms with van der Waals surface area (Å²) < 4.78 is 5.49. The second-order valence-electron chi connectivity index (χ2n) is 8.70. The van der Waals surface area contributed by atoms with Crippen molar-refractivity contribution in [1.82, 2.24) is 15.0 Å². The lowest BCUT2D eigenvalue weighted by atomic mass is 9.83. The maximum Gasteiger partial charge on any atom is 0.276 e. The van der Waals surface area contributed by atoms with E-state index in [4.69, 9.17) is 4.52 Å². The molecule has 25 heavy (non-hydrogen) atoms. The van der Waals surface area contributed by atoms with Crippen LogP contribution in [0.5, 0.6) is 0 Å². The third-order valence-corrected chi connectivity index (χ3v) is 6.98. The first-order chi connectivity index (χ1) is 12.3. The summed E-state index contributed by atoms with van der Waals surface area (Å²) in [5.74, 6) is 2.62. The smallest absolute Gasteiger partial charge is 0.276 e. The highest BCUT2D eigenvalue weighted by Crippen LogP contribution is 2.34. The Morgan fingerprint density at radius 3 is 2.76 bits per heavy atom. The largest absolute Gasteiger partial charge is 0.360 e. The molecule has 3 saturated heterocycles. The highest BCUT2D eigenvalue weighted by atomic mass is 16.5. The van der Waals surface area contributed by atoms with Crippen molar-refractivity contribution in [2.24, 2.45) is 11.8 Å². The van der Waals surface area contributed by atoms with E-state index in [0.717, 1.165) is 56.0 Å². The van der Waals surface area contributed by atoms with Crippen LogP contribution in [0.2, 0.25) is 0 Å². The number of hydrogen-bond donors (Lipinski definition) is 0. The van der Waals surface area contributed by atoms with Crippen molar-refractivity contribution >= 4 is 5.91 Å². The van der Waals surface area contributed by atoms with Gasteiger partial charge in [0.25, 0.3) is 5.91 Å². The zero-order valence-electron chi connectivity index (χ0n) is 15.1. The number of nitrogens with zero attached hydrogens (tertiary/aromatic N) is 3. The second-order valence-corrected chi connectivity index (χ2v) is 8.70. The third-order valence-electron chi connectivity index (χ3n) is 6.98. The number of carbonyl (C=O) groups excluding carboxylic acids is 1. The Kier molecular flexibility index (Phi) is 4.07. The summed E-state index contributed by atoms with van der Waals surface area (Å²) in [6.07, 6.45) is 10.9. The second kappa shape index (κ2) is 6.42. The molecule has 1 saturated carbocycles. The van der Waals surface area contributed by atoms with Gasteiger partial charge in [-0.05, 0) is 56.8 Å². The van der Waals surface area contributed by atoms with Crippen LogP contribution in [-0.2, 0) is 12.8 Å². The van der Waals surface area contributed by atoms with E-state index in [-0.39, 0.29) is 5.91 Å². The predicted octanol–water partition coefficient (Wildman–Crippen LogP) is 2.89. The van der Waals surface area contributed by atoms with Crippen molar-refractivity contribution in [3.8, 4) is 0 Å². The van der Waals surface area contributed by atoms with Gasteiger partial charge in [0.1, 0.15) is 5.76 Å². The summed E-state index contributed by atoms with van der Waals surface area (Å²) >= 11 is 0. The number of rotatable bonds is 3. The third kappa shape index (κ3) is 2.90. The summed E-state index contributed by atoms with van der Waals surface area (Å²) in [5.41, 5.74) is 1.71. The van der Waals surface area contributed by atoms with E-state index >= 15 is 0 Å². The molecule has 1 aromatic rings. The topological polar surface area (TPSA) is 49.6 Å². The first-order valence-corrected chi connectivity index (χ1v) is 10.3. The van der Waals surface area contributed by atoms with Gasteiger partial charge in [-0.2, -0.15) is 0 Å². The van der Waals surface area contributed by atoms with Crippen molar-refractivity contribution < 1.29 is 9.32 Å². The van der Waals surface area contributed by atoms with Gasteiger partial charge in [0.2, 0.25) is 0 Å². The molecule has 0 aromatic carbocycles. The Balaban J connectivity index is 1.33. The Morgan fingerprint density at radius 1 is 1.04 bits per heavy atom. The molecule has 0 spiro atoms. The quantitative estimate of drug-likeness (QED) is 0.847. The molecular weight excluding hydrogens is 314 g/mol. The molecule has 6 rings (SSSR count). The molecule has 2 atom stereocenters. The van der Waals surface area contributed by atoms with Crippen molar-refractivity contribution in [2.75, 3.05) is 26.2 Å². The standard InChI is InChI=1S/C20H29N3O2/c24-20(19-17-6-1-2-7-18(17)25-21-19)23-12-15-8-9-16(13-23)22(11-15)10-14-4-3-5-14/h14-16H,1-13H2/t15-,16-/m0/s1. The fourth-order valence-corrected chi connectivity index (χ4v) is 5.28. The van der Waals surface area contributed by atoms with Crippen LogP contribution in [0.1, 0.15) is 66.8 Å². The summed E-state index contributed by atoms with van der Waals surface area (Å²) in [6.45, 7) is 4.21. The number of hydrogen-bond acceptors (Lipinski definition) is 4. The number of piperidine rings is 1. The van der Waals surface area contributed by atoms with Gasteiger partial charge in [-0.15, -0.1) is 0 Å². The molecule has 0 N–H and O–H groups in total. The van der Waals surface area contributed by atoms with Gasteiger partial charge in [-0.25, -0.2) is 0 Å². The van der Waals surface area contributed by atoms with Crippen LogP contribution in [0.15, 0.2) is 4.52 Å². The molecule has 0 unspecified atom stereocenters. The molecule has 4 heterocycles. The van der Waals surface area contributed by atoms with Gasteiger partial charge in [0, 0.05) is 44.2 Å². The van der Waals surface area contributed by atoms with Crippen LogP contribution in [-0.4, -0.2) is 53.1 Å². The molecular formula is C20H29N3O2. The minimum atomic E-state index is 0.120. The van der Waals surface area contributed by atoms with Gasteiger partial charge in [-0.3, -0.25) is 9.69 Å². The van der Waals surface area contributed by atoms with Gasteiger partial charge in [0.05, 0.1) is 0 Å². The lowest BCUT2D eigenvalue weighted by Crippen LogP contribution is -2.47. The maximum atomic E-state index is 13.2. The lowest BCUT2D eigenvalue weighted by molar-refractivity contribution is 0.0707. The molecule has 3 aliphatic heterocycles. The van der Waals surface area contributed by atoms with Crippen molar-refractivity contribution in [3.05, 3.63) is 17.0 Å². The van der Waals surface area contributed by atoms with Gasteiger partial charge < -0.3 is 9.42 Å². The fourth-order valence-electron chi connectivity index (χ4n) is 5.28. The molecule has 4 fully saturated rings. The highest BCUT2D eigenvalue weighted by Gasteiger charge is 2.39. The van der Waals surface area contributed by atoms with E-state index in [9.17, 15) is 4.79 Å². The van der Waals surface area contributed by atoms with E-state index in [1.54, 1.807) is 0 Å².